The Hall–Kier alpha value is -1.64. The monoisotopic (exact) mass is 583 g/mol. The number of carbonyl (C=O) groups excluding carboxylic acids is 1. The van der Waals surface area contributed by atoms with Gasteiger partial charge in [-0.05, 0) is 65.6 Å². The number of hydrogen-bond donors (Lipinski definition) is 0. The van der Waals surface area contributed by atoms with Crippen molar-refractivity contribution in [1.82, 2.24) is 4.90 Å². The lowest BCUT2D eigenvalue weighted by Gasteiger charge is -2.17. The van der Waals surface area contributed by atoms with E-state index in [0.29, 0.717) is 39.7 Å². The van der Waals surface area contributed by atoms with Crippen molar-refractivity contribution in [3.63, 3.8) is 0 Å². The number of hydrogen-bond acceptors (Lipinski definition) is 4. The van der Waals surface area contributed by atoms with Crippen LogP contribution in [-0.2, 0) is 24.4 Å². The highest BCUT2D eigenvalue weighted by atomic mass is 79.9. The summed E-state index contributed by atoms with van der Waals surface area (Å²) in [5.41, 5.74) is 2.60. The van der Waals surface area contributed by atoms with Gasteiger partial charge in [-0.1, -0.05) is 81.3 Å². The number of amides is 1. The number of rotatable bonds is 7. The van der Waals surface area contributed by atoms with Crippen LogP contribution in [0.25, 0.3) is 0 Å². The Morgan fingerprint density at radius 3 is 2.48 bits per heavy atom. The number of carbonyl (C=O) groups is 1. The van der Waals surface area contributed by atoms with Crippen LogP contribution in [-0.4, -0.2) is 20.4 Å². The zero-order chi connectivity index (χ0) is 23.5. The highest BCUT2D eigenvalue weighted by Crippen LogP contribution is 2.34. The Bertz CT molecular complexity index is 1210. The third-order valence-electron chi connectivity index (χ3n) is 5.07. The van der Waals surface area contributed by atoms with E-state index in [1.807, 2.05) is 24.3 Å². The van der Waals surface area contributed by atoms with Crippen LogP contribution in [0.1, 0.15) is 16.7 Å². The number of thiocarbonyl (C=S) groups is 1. The van der Waals surface area contributed by atoms with Gasteiger partial charge in [0.15, 0.2) is 0 Å². The van der Waals surface area contributed by atoms with Gasteiger partial charge < -0.3 is 4.74 Å². The Kier molecular flexibility index (Phi) is 7.97. The molecule has 1 heterocycles. The summed E-state index contributed by atoms with van der Waals surface area (Å²) in [7, 11) is 0. The van der Waals surface area contributed by atoms with Crippen LogP contribution in [0.5, 0.6) is 5.75 Å². The largest absolute Gasteiger partial charge is 0.489 e. The van der Waals surface area contributed by atoms with Gasteiger partial charge in [0.2, 0.25) is 5.91 Å². The molecule has 1 fully saturated rings. The van der Waals surface area contributed by atoms with Gasteiger partial charge in [-0.2, -0.15) is 0 Å². The Morgan fingerprint density at radius 2 is 1.76 bits per heavy atom. The van der Waals surface area contributed by atoms with Crippen molar-refractivity contribution in [3.8, 4) is 5.75 Å². The molecular weight excluding hydrogens is 568 g/mol. The molecule has 0 saturated carbocycles. The summed E-state index contributed by atoms with van der Waals surface area (Å²) in [6.45, 7) is 0.632. The van der Waals surface area contributed by atoms with Crippen molar-refractivity contribution < 1.29 is 13.9 Å². The standard InChI is InChI=1S/C24H17BrCl2FNO2S2/c25-17-4-8-21(31-13-15-3-7-19(26)20(27)9-15)16(10-17)11-22-23(30)29(24(32)33-22)12-14-1-5-18(28)6-2-14/h1-10,22H,11-13H2/t22-/m0/s1. The molecule has 1 amide bonds. The van der Waals surface area contributed by atoms with E-state index >= 15 is 0 Å². The molecule has 0 unspecified atom stereocenters. The molecule has 0 bridgehead atoms. The minimum absolute atomic E-state index is 0.0651. The highest BCUT2D eigenvalue weighted by Gasteiger charge is 2.37. The summed E-state index contributed by atoms with van der Waals surface area (Å²) < 4.78 is 20.7. The predicted octanol–water partition coefficient (Wildman–Crippen LogP) is 7.45. The molecule has 1 atom stereocenters. The zero-order valence-corrected chi connectivity index (χ0v) is 21.8. The third kappa shape index (κ3) is 6.08. The van der Waals surface area contributed by atoms with E-state index in [-0.39, 0.29) is 17.0 Å². The fraction of sp³-hybridized carbons (Fsp3) is 0.167. The number of ether oxygens (including phenoxy) is 1. The van der Waals surface area contributed by atoms with E-state index in [0.717, 1.165) is 21.2 Å². The fourth-order valence-electron chi connectivity index (χ4n) is 3.38. The van der Waals surface area contributed by atoms with Crippen LogP contribution < -0.4 is 4.74 Å². The molecule has 4 rings (SSSR count). The highest BCUT2D eigenvalue weighted by molar-refractivity contribution is 9.10. The SMILES string of the molecule is O=C1[C@H](Cc2cc(Br)ccc2OCc2ccc(Cl)c(Cl)c2)SC(=S)N1Cc1ccc(F)cc1. The quantitative estimate of drug-likeness (QED) is 0.270. The average Bonchev–Trinajstić information content (AvgIpc) is 3.04. The molecule has 1 saturated heterocycles. The first-order valence-electron chi connectivity index (χ1n) is 9.92. The first-order valence-corrected chi connectivity index (χ1v) is 12.8. The molecule has 3 aromatic carbocycles. The summed E-state index contributed by atoms with van der Waals surface area (Å²) in [6.07, 6.45) is 0.458. The van der Waals surface area contributed by atoms with Crippen LogP contribution in [0.15, 0.2) is 65.1 Å². The molecule has 170 valence electrons. The first-order chi connectivity index (χ1) is 15.8. The van der Waals surface area contributed by atoms with Crippen LogP contribution in [0, 0.1) is 5.82 Å². The Balaban J connectivity index is 1.47. The summed E-state index contributed by atoms with van der Waals surface area (Å²) in [6, 6.07) is 17.1. The Morgan fingerprint density at radius 1 is 1.03 bits per heavy atom. The van der Waals surface area contributed by atoms with Crippen molar-refractivity contribution in [1.29, 1.82) is 0 Å². The summed E-state index contributed by atoms with van der Waals surface area (Å²) in [5, 5.41) is 0.596. The van der Waals surface area contributed by atoms with Crippen molar-refractivity contribution in [3.05, 3.63) is 97.7 Å². The van der Waals surface area contributed by atoms with Gasteiger partial charge >= 0.3 is 0 Å². The molecule has 3 aromatic rings. The number of thioether (sulfide) groups is 1. The molecule has 0 radical (unpaired) electrons. The molecule has 0 spiro atoms. The maximum Gasteiger partial charge on any atom is 0.242 e. The van der Waals surface area contributed by atoms with Crippen LogP contribution in [0.3, 0.4) is 0 Å². The van der Waals surface area contributed by atoms with E-state index in [9.17, 15) is 9.18 Å². The van der Waals surface area contributed by atoms with Crippen LogP contribution >= 0.6 is 63.1 Å². The van der Waals surface area contributed by atoms with Crippen molar-refractivity contribution in [2.24, 2.45) is 0 Å². The van der Waals surface area contributed by atoms with Gasteiger partial charge in [-0.15, -0.1) is 0 Å². The second kappa shape index (κ2) is 10.7. The smallest absolute Gasteiger partial charge is 0.242 e. The van der Waals surface area contributed by atoms with E-state index in [1.165, 1.54) is 23.9 Å². The lowest BCUT2D eigenvalue weighted by atomic mass is 10.1. The minimum atomic E-state index is -0.362. The van der Waals surface area contributed by atoms with Gasteiger partial charge in [0.25, 0.3) is 0 Å². The molecular formula is C24H17BrCl2FNO2S2. The normalized spacial score (nSPS) is 15.9. The lowest BCUT2D eigenvalue weighted by Crippen LogP contribution is -2.31. The molecule has 1 aliphatic rings. The van der Waals surface area contributed by atoms with Crippen LogP contribution in [0.4, 0.5) is 4.39 Å². The number of halogens is 4. The van der Waals surface area contributed by atoms with Crippen molar-refractivity contribution in [2.75, 3.05) is 0 Å². The van der Waals surface area contributed by atoms with Crippen LogP contribution in [0.2, 0.25) is 10.0 Å². The molecule has 9 heteroatoms. The van der Waals surface area contributed by atoms with Gasteiger partial charge in [0.05, 0.1) is 21.8 Å². The number of nitrogens with zero attached hydrogens (tertiary/aromatic N) is 1. The van der Waals surface area contributed by atoms with E-state index in [1.54, 1.807) is 29.2 Å². The topological polar surface area (TPSA) is 29.5 Å². The molecule has 33 heavy (non-hydrogen) atoms. The van der Waals surface area contributed by atoms with Gasteiger partial charge in [-0.25, -0.2) is 4.39 Å². The van der Waals surface area contributed by atoms with E-state index < -0.39 is 0 Å². The molecule has 1 aliphatic heterocycles. The molecule has 0 aromatic heterocycles. The summed E-state index contributed by atoms with van der Waals surface area (Å²) in [4.78, 5) is 14.7. The van der Waals surface area contributed by atoms with Gasteiger partial charge in [0.1, 0.15) is 22.5 Å². The minimum Gasteiger partial charge on any atom is -0.489 e. The third-order valence-corrected chi connectivity index (χ3v) is 7.88. The second-order valence-electron chi connectivity index (χ2n) is 7.42. The van der Waals surface area contributed by atoms with E-state index in [2.05, 4.69) is 15.9 Å². The lowest BCUT2D eigenvalue weighted by molar-refractivity contribution is -0.126. The van der Waals surface area contributed by atoms with Crippen molar-refractivity contribution in [2.45, 2.75) is 24.8 Å². The second-order valence-corrected chi connectivity index (χ2v) is 11.0. The zero-order valence-electron chi connectivity index (χ0n) is 17.1. The maximum absolute atomic E-state index is 13.2. The molecule has 0 N–H and O–H groups in total. The Labute approximate surface area is 219 Å². The van der Waals surface area contributed by atoms with Gasteiger partial charge in [-0.3, -0.25) is 9.69 Å². The predicted molar refractivity (Wildman–Crippen MR) is 140 cm³/mol. The first kappa shape index (κ1) is 24.5. The summed E-state index contributed by atoms with van der Waals surface area (Å²) >= 11 is 22.4. The van der Waals surface area contributed by atoms with Gasteiger partial charge in [0, 0.05) is 4.47 Å². The number of benzene rings is 3. The fourth-order valence-corrected chi connectivity index (χ4v) is 5.63. The maximum atomic E-state index is 13.2. The van der Waals surface area contributed by atoms with E-state index in [4.69, 9.17) is 40.2 Å². The van der Waals surface area contributed by atoms with Crippen molar-refractivity contribution >= 4 is 73.3 Å². The summed E-state index contributed by atoms with van der Waals surface area (Å²) in [5.74, 6) is 0.301. The molecule has 0 aliphatic carbocycles. The average molecular weight is 585 g/mol. The molecule has 3 nitrogen and oxygen atoms in total.